The predicted molar refractivity (Wildman–Crippen MR) is 75.3 cm³/mol. The normalized spacial score (nSPS) is 13.0. The molecule has 17 heavy (non-hydrogen) atoms. The van der Waals surface area contributed by atoms with E-state index in [0.717, 1.165) is 19.6 Å². The van der Waals surface area contributed by atoms with Gasteiger partial charge in [0.25, 0.3) is 0 Å². The summed E-state index contributed by atoms with van der Waals surface area (Å²) in [4.78, 5) is 2.40. The van der Waals surface area contributed by atoms with Gasteiger partial charge in [-0.25, -0.2) is 0 Å². The third-order valence-corrected chi connectivity index (χ3v) is 3.13. The van der Waals surface area contributed by atoms with E-state index in [1.807, 2.05) is 0 Å². The maximum absolute atomic E-state index is 3.47. The molecule has 1 N–H and O–H groups in total. The second-order valence-corrected chi connectivity index (χ2v) is 4.96. The minimum absolute atomic E-state index is 0.571. The van der Waals surface area contributed by atoms with Crippen LogP contribution in [0.15, 0.2) is 24.3 Å². The van der Waals surface area contributed by atoms with Crippen molar-refractivity contribution in [1.29, 1.82) is 0 Å². The SMILES string of the molecule is CCCNCC(C)N(C)Cc1cccc(C)c1. The number of hydrogen-bond acceptors (Lipinski definition) is 2. The molecule has 0 aromatic heterocycles. The van der Waals surface area contributed by atoms with E-state index in [-0.39, 0.29) is 0 Å². The molecule has 1 aromatic carbocycles. The summed E-state index contributed by atoms with van der Waals surface area (Å²) in [5, 5.41) is 3.47. The molecule has 1 aromatic rings. The van der Waals surface area contributed by atoms with Crippen molar-refractivity contribution in [3.8, 4) is 0 Å². The van der Waals surface area contributed by atoms with E-state index in [2.05, 4.69) is 62.3 Å². The highest BCUT2D eigenvalue weighted by Gasteiger charge is 2.08. The van der Waals surface area contributed by atoms with Crippen molar-refractivity contribution in [2.75, 3.05) is 20.1 Å². The van der Waals surface area contributed by atoms with Gasteiger partial charge in [0.15, 0.2) is 0 Å². The average Bonchev–Trinajstić information content (AvgIpc) is 2.29. The summed E-state index contributed by atoms with van der Waals surface area (Å²) in [6.07, 6.45) is 1.20. The first-order valence-corrected chi connectivity index (χ1v) is 6.60. The fraction of sp³-hybridized carbons (Fsp3) is 0.600. The van der Waals surface area contributed by atoms with Gasteiger partial charge >= 0.3 is 0 Å². The van der Waals surface area contributed by atoms with Crippen molar-refractivity contribution < 1.29 is 0 Å². The molecular formula is C15H26N2. The molecule has 1 rings (SSSR count). The van der Waals surface area contributed by atoms with Gasteiger partial charge in [0, 0.05) is 19.1 Å². The smallest absolute Gasteiger partial charge is 0.0234 e. The van der Waals surface area contributed by atoms with Crippen molar-refractivity contribution in [3.05, 3.63) is 35.4 Å². The Bertz CT molecular complexity index is 322. The number of aryl methyl sites for hydroxylation is 1. The van der Waals surface area contributed by atoms with Crippen LogP contribution in [0.25, 0.3) is 0 Å². The van der Waals surface area contributed by atoms with Gasteiger partial charge in [-0.15, -0.1) is 0 Å². The van der Waals surface area contributed by atoms with E-state index in [9.17, 15) is 0 Å². The second kappa shape index (κ2) is 7.46. The van der Waals surface area contributed by atoms with Crippen LogP contribution in [0.4, 0.5) is 0 Å². The molecule has 0 aliphatic rings. The fourth-order valence-electron chi connectivity index (χ4n) is 1.90. The average molecular weight is 234 g/mol. The highest BCUT2D eigenvalue weighted by atomic mass is 15.1. The summed E-state index contributed by atoms with van der Waals surface area (Å²) in [5.74, 6) is 0. The number of rotatable bonds is 7. The lowest BCUT2D eigenvalue weighted by Crippen LogP contribution is -2.37. The van der Waals surface area contributed by atoms with E-state index in [0.29, 0.717) is 6.04 Å². The van der Waals surface area contributed by atoms with Gasteiger partial charge in [-0.05, 0) is 39.4 Å². The molecule has 0 bridgehead atoms. The van der Waals surface area contributed by atoms with Crippen LogP contribution in [0, 0.1) is 6.92 Å². The lowest BCUT2D eigenvalue weighted by Gasteiger charge is -2.25. The minimum Gasteiger partial charge on any atom is -0.315 e. The zero-order valence-electron chi connectivity index (χ0n) is 11.7. The van der Waals surface area contributed by atoms with E-state index in [1.165, 1.54) is 17.5 Å². The number of benzene rings is 1. The second-order valence-electron chi connectivity index (χ2n) is 4.96. The first-order valence-electron chi connectivity index (χ1n) is 6.60. The van der Waals surface area contributed by atoms with Crippen LogP contribution in [0.1, 0.15) is 31.4 Å². The van der Waals surface area contributed by atoms with Crippen LogP contribution >= 0.6 is 0 Å². The number of nitrogens with one attached hydrogen (secondary N) is 1. The van der Waals surface area contributed by atoms with E-state index in [4.69, 9.17) is 0 Å². The van der Waals surface area contributed by atoms with Crippen molar-refractivity contribution in [1.82, 2.24) is 10.2 Å². The summed E-state index contributed by atoms with van der Waals surface area (Å²) in [6.45, 7) is 9.83. The lowest BCUT2D eigenvalue weighted by atomic mass is 10.1. The molecule has 0 saturated heterocycles. The summed E-state index contributed by atoms with van der Waals surface area (Å²) < 4.78 is 0. The van der Waals surface area contributed by atoms with E-state index < -0.39 is 0 Å². The largest absolute Gasteiger partial charge is 0.315 e. The molecule has 0 radical (unpaired) electrons. The van der Waals surface area contributed by atoms with Crippen LogP contribution in [0.5, 0.6) is 0 Å². The maximum Gasteiger partial charge on any atom is 0.0234 e. The predicted octanol–water partition coefficient (Wildman–Crippen LogP) is 2.81. The van der Waals surface area contributed by atoms with Crippen LogP contribution in [-0.2, 0) is 6.54 Å². The van der Waals surface area contributed by atoms with Gasteiger partial charge in [0.2, 0.25) is 0 Å². The first kappa shape index (κ1) is 14.2. The topological polar surface area (TPSA) is 15.3 Å². The first-order chi connectivity index (χ1) is 8.13. The molecular weight excluding hydrogens is 208 g/mol. The minimum atomic E-state index is 0.571. The Morgan fingerprint density at radius 1 is 1.35 bits per heavy atom. The zero-order valence-corrected chi connectivity index (χ0v) is 11.7. The van der Waals surface area contributed by atoms with E-state index in [1.54, 1.807) is 0 Å². The molecule has 0 fully saturated rings. The Kier molecular flexibility index (Phi) is 6.23. The molecule has 2 nitrogen and oxygen atoms in total. The van der Waals surface area contributed by atoms with Gasteiger partial charge in [-0.1, -0.05) is 36.8 Å². The highest BCUT2D eigenvalue weighted by molar-refractivity contribution is 5.22. The molecule has 0 heterocycles. The molecule has 1 unspecified atom stereocenters. The van der Waals surface area contributed by atoms with Crippen LogP contribution < -0.4 is 5.32 Å². The molecule has 1 atom stereocenters. The van der Waals surface area contributed by atoms with Crippen LogP contribution in [-0.4, -0.2) is 31.1 Å². The molecule has 0 saturated carbocycles. The van der Waals surface area contributed by atoms with Gasteiger partial charge in [0.1, 0.15) is 0 Å². The van der Waals surface area contributed by atoms with E-state index >= 15 is 0 Å². The molecule has 0 aliphatic heterocycles. The Morgan fingerprint density at radius 2 is 2.12 bits per heavy atom. The molecule has 0 spiro atoms. The molecule has 0 aliphatic carbocycles. The van der Waals surface area contributed by atoms with Gasteiger partial charge < -0.3 is 5.32 Å². The monoisotopic (exact) mass is 234 g/mol. The Labute approximate surface area is 106 Å². The van der Waals surface area contributed by atoms with Crippen molar-refractivity contribution in [2.24, 2.45) is 0 Å². The third-order valence-electron chi connectivity index (χ3n) is 3.13. The van der Waals surface area contributed by atoms with Gasteiger partial charge in [-0.3, -0.25) is 4.90 Å². The van der Waals surface area contributed by atoms with Crippen molar-refractivity contribution >= 4 is 0 Å². The Morgan fingerprint density at radius 3 is 2.76 bits per heavy atom. The van der Waals surface area contributed by atoms with Crippen molar-refractivity contribution in [2.45, 2.75) is 39.8 Å². The summed E-state index contributed by atoms with van der Waals surface area (Å²) in [6, 6.07) is 9.33. The third kappa shape index (κ3) is 5.33. The molecule has 96 valence electrons. The zero-order chi connectivity index (χ0) is 12.7. The Hall–Kier alpha value is -0.860. The number of likely N-dealkylation sites (N-methyl/N-ethyl adjacent to an activating group) is 1. The van der Waals surface area contributed by atoms with Crippen molar-refractivity contribution in [3.63, 3.8) is 0 Å². The lowest BCUT2D eigenvalue weighted by molar-refractivity contribution is 0.243. The quantitative estimate of drug-likeness (QED) is 0.730. The Balaban J connectivity index is 2.39. The molecule has 0 amide bonds. The summed E-state index contributed by atoms with van der Waals surface area (Å²) in [7, 11) is 2.20. The van der Waals surface area contributed by atoms with Gasteiger partial charge in [-0.2, -0.15) is 0 Å². The summed E-state index contributed by atoms with van der Waals surface area (Å²) >= 11 is 0. The number of nitrogens with zero attached hydrogens (tertiary/aromatic N) is 1. The fourth-order valence-corrected chi connectivity index (χ4v) is 1.90. The standard InChI is InChI=1S/C15H26N2/c1-5-9-16-11-14(3)17(4)12-15-8-6-7-13(2)10-15/h6-8,10,14,16H,5,9,11-12H2,1-4H3. The van der Waals surface area contributed by atoms with Gasteiger partial charge in [0.05, 0.1) is 0 Å². The maximum atomic E-state index is 3.47. The highest BCUT2D eigenvalue weighted by Crippen LogP contribution is 2.08. The van der Waals surface area contributed by atoms with Crippen LogP contribution in [0.3, 0.4) is 0 Å². The summed E-state index contributed by atoms with van der Waals surface area (Å²) in [5.41, 5.74) is 2.74. The number of hydrogen-bond donors (Lipinski definition) is 1. The molecule has 2 heteroatoms. The van der Waals surface area contributed by atoms with Crippen LogP contribution in [0.2, 0.25) is 0 Å².